The Bertz CT molecular complexity index is 674. The number of sulfonamides is 1. The fraction of sp³-hybridized carbons (Fsp3) is 0.529. The van der Waals surface area contributed by atoms with Crippen LogP contribution in [-0.2, 0) is 10.0 Å². The molecule has 0 radical (unpaired) electrons. The molecule has 0 saturated carbocycles. The van der Waals surface area contributed by atoms with Crippen molar-refractivity contribution in [1.82, 2.24) is 9.21 Å². The van der Waals surface area contributed by atoms with Gasteiger partial charge in [-0.1, -0.05) is 6.08 Å². The van der Waals surface area contributed by atoms with Gasteiger partial charge in [-0.25, -0.2) is 12.8 Å². The second-order valence-corrected chi connectivity index (χ2v) is 8.40. The molecular weight excluding hydrogens is 315 g/mol. The van der Waals surface area contributed by atoms with Gasteiger partial charge in [0.2, 0.25) is 10.0 Å². The van der Waals surface area contributed by atoms with Crippen LogP contribution in [0.25, 0.3) is 0 Å². The molecule has 126 valence electrons. The molecule has 0 N–H and O–H groups in total. The van der Waals surface area contributed by atoms with E-state index < -0.39 is 15.8 Å². The highest BCUT2D eigenvalue weighted by Gasteiger charge is 2.45. The van der Waals surface area contributed by atoms with Crippen LogP contribution in [0.5, 0.6) is 0 Å². The first kappa shape index (κ1) is 16.6. The number of hydrogen-bond acceptors (Lipinski definition) is 3. The van der Waals surface area contributed by atoms with Crippen molar-refractivity contribution >= 4 is 10.0 Å². The molecular formula is C17H23FN2O2S. The summed E-state index contributed by atoms with van der Waals surface area (Å²) in [5, 5.41) is 0. The summed E-state index contributed by atoms with van der Waals surface area (Å²) in [6.45, 7) is 6.65. The van der Waals surface area contributed by atoms with Crippen molar-refractivity contribution in [3.63, 3.8) is 0 Å². The van der Waals surface area contributed by atoms with Crippen molar-refractivity contribution in [2.45, 2.75) is 36.1 Å². The molecule has 0 amide bonds. The Hall–Kier alpha value is -1.24. The molecule has 1 aromatic rings. The second kappa shape index (κ2) is 6.34. The fourth-order valence-electron chi connectivity index (χ4n) is 3.93. The van der Waals surface area contributed by atoms with Crippen molar-refractivity contribution in [2.24, 2.45) is 0 Å². The highest BCUT2D eigenvalue weighted by molar-refractivity contribution is 7.89. The summed E-state index contributed by atoms with van der Waals surface area (Å²) in [6.07, 6.45) is 5.89. The Morgan fingerprint density at radius 3 is 2.48 bits per heavy atom. The van der Waals surface area contributed by atoms with Gasteiger partial charge in [0.15, 0.2) is 0 Å². The van der Waals surface area contributed by atoms with Crippen LogP contribution in [0.15, 0.2) is 41.8 Å². The minimum atomic E-state index is -3.57. The van der Waals surface area contributed by atoms with Crippen LogP contribution in [0.4, 0.5) is 4.39 Å². The number of nitrogens with zero attached hydrogens (tertiary/aromatic N) is 2. The highest BCUT2D eigenvalue weighted by Crippen LogP contribution is 2.38. The number of piperidine rings is 1. The van der Waals surface area contributed by atoms with Crippen molar-refractivity contribution in [2.75, 3.05) is 26.2 Å². The fourth-order valence-corrected chi connectivity index (χ4v) is 5.49. The summed E-state index contributed by atoms with van der Waals surface area (Å²) in [4.78, 5) is 2.54. The van der Waals surface area contributed by atoms with Gasteiger partial charge < -0.3 is 0 Å². The van der Waals surface area contributed by atoms with Crippen LogP contribution in [0, 0.1) is 5.82 Å². The molecule has 0 aromatic heterocycles. The molecule has 2 aliphatic heterocycles. The van der Waals surface area contributed by atoms with Gasteiger partial charge in [0.25, 0.3) is 0 Å². The van der Waals surface area contributed by atoms with Crippen molar-refractivity contribution in [1.29, 1.82) is 0 Å². The topological polar surface area (TPSA) is 40.6 Å². The van der Waals surface area contributed by atoms with Gasteiger partial charge in [-0.3, -0.25) is 4.90 Å². The third-order valence-electron chi connectivity index (χ3n) is 5.06. The van der Waals surface area contributed by atoms with E-state index >= 15 is 0 Å². The van der Waals surface area contributed by atoms with Crippen molar-refractivity contribution in [3.8, 4) is 0 Å². The van der Waals surface area contributed by atoms with Gasteiger partial charge in [0.05, 0.1) is 4.90 Å². The molecule has 2 fully saturated rings. The van der Waals surface area contributed by atoms with E-state index in [-0.39, 0.29) is 10.4 Å². The first-order chi connectivity index (χ1) is 11.0. The summed E-state index contributed by atoms with van der Waals surface area (Å²) < 4.78 is 40.4. The molecule has 0 unspecified atom stereocenters. The monoisotopic (exact) mass is 338 g/mol. The maximum Gasteiger partial charge on any atom is 0.243 e. The van der Waals surface area contributed by atoms with Gasteiger partial charge >= 0.3 is 0 Å². The Morgan fingerprint density at radius 1 is 1.17 bits per heavy atom. The van der Waals surface area contributed by atoms with E-state index in [1.54, 1.807) is 4.31 Å². The summed E-state index contributed by atoms with van der Waals surface area (Å²) in [6, 6.07) is 5.10. The first-order valence-corrected chi connectivity index (χ1v) is 9.54. The molecule has 0 aliphatic carbocycles. The van der Waals surface area contributed by atoms with E-state index in [0.717, 1.165) is 38.8 Å². The van der Waals surface area contributed by atoms with E-state index in [4.69, 9.17) is 0 Å². The van der Waals surface area contributed by atoms with Gasteiger partial charge in [0.1, 0.15) is 5.82 Å². The lowest BCUT2D eigenvalue weighted by molar-refractivity contribution is 0.0841. The normalized spacial score (nSPS) is 26.7. The molecule has 1 spiro atoms. The third-order valence-corrected chi connectivity index (χ3v) is 6.92. The molecule has 4 nitrogen and oxygen atoms in total. The number of likely N-dealkylation sites (tertiary alicyclic amines) is 1. The average molecular weight is 338 g/mol. The molecule has 2 heterocycles. The Morgan fingerprint density at radius 2 is 1.83 bits per heavy atom. The molecule has 1 aromatic carbocycles. The predicted octanol–water partition coefficient (Wildman–Crippen LogP) is 2.63. The molecule has 2 aliphatic rings. The zero-order valence-electron chi connectivity index (χ0n) is 13.2. The first-order valence-electron chi connectivity index (χ1n) is 8.10. The standard InChI is InChI=1S/C17H23FN2O2S/c1-2-11-19-12-3-9-17(19)10-4-13-20(14-17)23(21,22)16-7-5-15(18)6-8-16/h2,5-8H,1,3-4,9-14H2/t17-/m0/s1. The quantitative estimate of drug-likeness (QED) is 0.793. The van der Waals surface area contributed by atoms with Crippen LogP contribution >= 0.6 is 0 Å². The minimum absolute atomic E-state index is 0.0699. The molecule has 2 saturated heterocycles. The predicted molar refractivity (Wildman–Crippen MR) is 88.1 cm³/mol. The molecule has 23 heavy (non-hydrogen) atoms. The molecule has 1 atom stereocenters. The molecule has 0 bridgehead atoms. The molecule has 6 heteroatoms. The number of hydrogen-bond donors (Lipinski definition) is 0. The Balaban J connectivity index is 1.85. The summed E-state index contributed by atoms with van der Waals surface area (Å²) >= 11 is 0. The van der Waals surface area contributed by atoms with Crippen LogP contribution in [0.1, 0.15) is 25.7 Å². The second-order valence-electron chi connectivity index (χ2n) is 6.46. The van der Waals surface area contributed by atoms with Crippen molar-refractivity contribution in [3.05, 3.63) is 42.7 Å². The summed E-state index contributed by atoms with van der Waals surface area (Å²) in [7, 11) is -3.57. The van der Waals surface area contributed by atoms with Gasteiger partial charge in [-0.05, 0) is 56.5 Å². The van der Waals surface area contributed by atoms with E-state index in [1.807, 2.05) is 6.08 Å². The Kier molecular flexibility index (Phi) is 4.58. The van der Waals surface area contributed by atoms with Crippen LogP contribution in [0.3, 0.4) is 0 Å². The number of rotatable bonds is 4. The van der Waals surface area contributed by atoms with Gasteiger partial charge in [-0.15, -0.1) is 6.58 Å². The van der Waals surface area contributed by atoms with Crippen molar-refractivity contribution < 1.29 is 12.8 Å². The zero-order valence-corrected chi connectivity index (χ0v) is 14.1. The SMILES string of the molecule is C=CCN1CCC[C@@]12CCCN(S(=O)(=O)c1ccc(F)cc1)C2. The smallest absolute Gasteiger partial charge is 0.243 e. The third kappa shape index (κ3) is 3.07. The highest BCUT2D eigenvalue weighted by atomic mass is 32.2. The summed E-state index contributed by atoms with van der Waals surface area (Å²) in [5.41, 5.74) is -0.0699. The van der Waals surface area contributed by atoms with E-state index in [9.17, 15) is 12.8 Å². The lowest BCUT2D eigenvalue weighted by Crippen LogP contribution is -2.56. The zero-order chi connectivity index (χ0) is 16.5. The average Bonchev–Trinajstić information content (AvgIpc) is 2.90. The van der Waals surface area contributed by atoms with Crippen LogP contribution in [0.2, 0.25) is 0 Å². The van der Waals surface area contributed by atoms with Gasteiger partial charge in [-0.2, -0.15) is 4.31 Å². The largest absolute Gasteiger partial charge is 0.293 e. The molecule has 3 rings (SSSR count). The minimum Gasteiger partial charge on any atom is -0.293 e. The maximum absolute atomic E-state index is 13.1. The van der Waals surface area contributed by atoms with E-state index in [1.165, 1.54) is 24.3 Å². The summed E-state index contributed by atoms with van der Waals surface area (Å²) in [5.74, 6) is -0.424. The lowest BCUT2D eigenvalue weighted by Gasteiger charge is -2.45. The number of halogens is 1. The lowest BCUT2D eigenvalue weighted by atomic mass is 9.87. The number of benzene rings is 1. The van der Waals surface area contributed by atoms with Gasteiger partial charge in [0, 0.05) is 25.2 Å². The Labute approximate surface area is 137 Å². The van der Waals surface area contributed by atoms with Crippen LogP contribution in [-0.4, -0.2) is 49.3 Å². The maximum atomic E-state index is 13.1. The van der Waals surface area contributed by atoms with Crippen LogP contribution < -0.4 is 0 Å². The van der Waals surface area contributed by atoms with E-state index in [0.29, 0.717) is 13.1 Å². The van der Waals surface area contributed by atoms with E-state index in [2.05, 4.69) is 11.5 Å².